The number of carbonyl (C=O) groups excluding carboxylic acids is 1. The molecule has 0 aliphatic heterocycles. The molecule has 0 fully saturated rings. The molecule has 0 amide bonds. The number of rotatable bonds is 10. The van der Waals surface area contributed by atoms with Crippen LogP contribution in [-0.4, -0.2) is 5.78 Å². The van der Waals surface area contributed by atoms with E-state index in [0.29, 0.717) is 25.9 Å². The van der Waals surface area contributed by atoms with E-state index < -0.39 is 0 Å². The molecule has 0 spiro atoms. The summed E-state index contributed by atoms with van der Waals surface area (Å²) in [6.45, 7) is 1.02. The molecule has 0 radical (unpaired) electrons. The number of ketones is 1. The number of nitrogens with two attached hydrogens (primary N) is 2. The van der Waals surface area contributed by atoms with Crippen molar-refractivity contribution in [3.05, 3.63) is 143 Å². The maximum Gasteiger partial charge on any atom is 0.134 e. The molecule has 34 heavy (non-hydrogen) atoms. The molecule has 4 aromatic rings. The van der Waals surface area contributed by atoms with E-state index in [-0.39, 0.29) is 17.6 Å². The fraction of sp³-hybridized carbons (Fsp3) is 0.194. The van der Waals surface area contributed by atoms with E-state index in [9.17, 15) is 4.79 Å². The van der Waals surface area contributed by atoms with Crippen molar-refractivity contribution in [1.29, 1.82) is 0 Å². The topological polar surface area (TPSA) is 69.1 Å². The van der Waals surface area contributed by atoms with Gasteiger partial charge in [0.25, 0.3) is 0 Å². The van der Waals surface area contributed by atoms with Crippen LogP contribution in [0.15, 0.2) is 109 Å². The Hall–Kier alpha value is -3.53. The standard InChI is InChI=1S/C31H32N2O/c32-21-23-11-15-27(16-12-23)30(25-7-3-1-4-8-25)19-29(34)20-31(26-9-5-2-6-10-26)28-17-13-24(22-33)14-18-28/h1-18,30-31H,19-22,32-33H2. The van der Waals surface area contributed by atoms with Crippen molar-refractivity contribution in [2.75, 3.05) is 0 Å². The summed E-state index contributed by atoms with van der Waals surface area (Å²) >= 11 is 0. The van der Waals surface area contributed by atoms with Gasteiger partial charge in [0.2, 0.25) is 0 Å². The third-order valence-corrected chi connectivity index (χ3v) is 6.50. The SMILES string of the molecule is NCc1ccc(C(CC(=O)CC(c2ccccc2)c2ccc(CN)cc2)c2ccccc2)cc1. The molecule has 2 atom stereocenters. The predicted molar refractivity (Wildman–Crippen MR) is 139 cm³/mol. The van der Waals surface area contributed by atoms with Gasteiger partial charge in [-0.3, -0.25) is 4.79 Å². The number of carbonyl (C=O) groups is 1. The van der Waals surface area contributed by atoms with E-state index in [2.05, 4.69) is 72.8 Å². The van der Waals surface area contributed by atoms with Crippen molar-refractivity contribution in [3.63, 3.8) is 0 Å². The highest BCUT2D eigenvalue weighted by Gasteiger charge is 2.23. The third kappa shape index (κ3) is 5.88. The van der Waals surface area contributed by atoms with Crippen molar-refractivity contribution in [3.8, 4) is 0 Å². The Balaban J connectivity index is 1.61. The molecule has 0 heterocycles. The van der Waals surface area contributed by atoms with E-state index >= 15 is 0 Å². The smallest absolute Gasteiger partial charge is 0.134 e. The van der Waals surface area contributed by atoms with Gasteiger partial charge in [-0.2, -0.15) is 0 Å². The minimum absolute atomic E-state index is 0.0107. The Morgan fingerprint density at radius 3 is 1.15 bits per heavy atom. The maximum absolute atomic E-state index is 13.6. The zero-order valence-corrected chi connectivity index (χ0v) is 19.4. The lowest BCUT2D eigenvalue weighted by Gasteiger charge is -2.21. The number of hydrogen-bond donors (Lipinski definition) is 2. The first-order chi connectivity index (χ1) is 16.7. The summed E-state index contributed by atoms with van der Waals surface area (Å²) in [5, 5.41) is 0. The van der Waals surface area contributed by atoms with E-state index in [1.807, 2.05) is 36.4 Å². The van der Waals surface area contributed by atoms with Crippen LogP contribution in [0.2, 0.25) is 0 Å². The Labute approximate surface area is 202 Å². The van der Waals surface area contributed by atoms with Gasteiger partial charge < -0.3 is 11.5 Å². The van der Waals surface area contributed by atoms with E-state index in [0.717, 1.165) is 33.4 Å². The summed E-state index contributed by atoms with van der Waals surface area (Å²) in [6.07, 6.45) is 0.909. The minimum Gasteiger partial charge on any atom is -0.326 e. The Morgan fingerprint density at radius 1 is 0.500 bits per heavy atom. The van der Waals surface area contributed by atoms with Crippen molar-refractivity contribution in [2.45, 2.75) is 37.8 Å². The van der Waals surface area contributed by atoms with E-state index in [1.54, 1.807) is 0 Å². The van der Waals surface area contributed by atoms with Gasteiger partial charge >= 0.3 is 0 Å². The molecule has 4 rings (SSSR count). The van der Waals surface area contributed by atoms with E-state index in [4.69, 9.17) is 11.5 Å². The molecule has 3 heteroatoms. The lowest BCUT2D eigenvalue weighted by Crippen LogP contribution is -2.13. The van der Waals surface area contributed by atoms with Crippen LogP contribution >= 0.6 is 0 Å². The normalized spacial score (nSPS) is 12.8. The average Bonchev–Trinajstić information content (AvgIpc) is 2.91. The monoisotopic (exact) mass is 448 g/mol. The summed E-state index contributed by atoms with van der Waals surface area (Å²) in [5.74, 6) is 0.265. The number of hydrogen-bond acceptors (Lipinski definition) is 3. The maximum atomic E-state index is 13.6. The summed E-state index contributed by atoms with van der Waals surface area (Å²) < 4.78 is 0. The van der Waals surface area contributed by atoms with Crippen LogP contribution in [-0.2, 0) is 17.9 Å². The van der Waals surface area contributed by atoms with Crippen molar-refractivity contribution < 1.29 is 4.79 Å². The molecule has 3 nitrogen and oxygen atoms in total. The molecular formula is C31H32N2O. The lowest BCUT2D eigenvalue weighted by atomic mass is 9.82. The first kappa shape index (κ1) is 23.6. The Bertz CT molecular complexity index is 1070. The first-order valence-corrected chi connectivity index (χ1v) is 11.9. The molecule has 0 aliphatic carbocycles. The molecule has 4 aromatic carbocycles. The summed E-state index contributed by atoms with van der Waals surface area (Å²) in [6, 6.07) is 37.2. The first-order valence-electron chi connectivity index (χ1n) is 11.9. The molecule has 2 unspecified atom stereocenters. The quantitative estimate of drug-likeness (QED) is 0.316. The fourth-order valence-corrected chi connectivity index (χ4v) is 4.54. The second-order valence-corrected chi connectivity index (χ2v) is 8.76. The summed E-state index contributed by atoms with van der Waals surface area (Å²) in [5.41, 5.74) is 18.3. The van der Waals surface area contributed by atoms with Gasteiger partial charge in [0, 0.05) is 37.8 Å². The van der Waals surface area contributed by atoms with Gasteiger partial charge in [-0.05, 0) is 33.4 Å². The fourth-order valence-electron chi connectivity index (χ4n) is 4.54. The summed E-state index contributed by atoms with van der Waals surface area (Å²) in [7, 11) is 0. The van der Waals surface area contributed by atoms with Crippen LogP contribution < -0.4 is 11.5 Å². The molecule has 172 valence electrons. The van der Waals surface area contributed by atoms with Gasteiger partial charge in [-0.1, -0.05) is 109 Å². The molecule has 0 saturated heterocycles. The molecule has 0 aliphatic rings. The predicted octanol–water partition coefficient (Wildman–Crippen LogP) is 5.92. The highest BCUT2D eigenvalue weighted by Crippen LogP contribution is 2.33. The third-order valence-electron chi connectivity index (χ3n) is 6.50. The van der Waals surface area contributed by atoms with Gasteiger partial charge in [-0.25, -0.2) is 0 Å². The van der Waals surface area contributed by atoms with Crippen molar-refractivity contribution in [1.82, 2.24) is 0 Å². The number of benzene rings is 4. The second-order valence-electron chi connectivity index (χ2n) is 8.76. The van der Waals surface area contributed by atoms with Crippen molar-refractivity contribution >= 4 is 5.78 Å². The second kappa shape index (κ2) is 11.6. The highest BCUT2D eigenvalue weighted by atomic mass is 16.1. The molecule has 0 aromatic heterocycles. The molecule has 0 saturated carbocycles. The van der Waals surface area contributed by atoms with Crippen molar-refractivity contribution in [2.24, 2.45) is 11.5 Å². The van der Waals surface area contributed by atoms with Crippen LogP contribution in [0.1, 0.15) is 58.1 Å². The van der Waals surface area contributed by atoms with Crippen LogP contribution in [0.5, 0.6) is 0 Å². The van der Waals surface area contributed by atoms with Gasteiger partial charge in [0.05, 0.1) is 0 Å². The Morgan fingerprint density at radius 2 is 0.824 bits per heavy atom. The average molecular weight is 449 g/mol. The van der Waals surface area contributed by atoms with Crippen LogP contribution in [0.25, 0.3) is 0 Å². The van der Waals surface area contributed by atoms with Gasteiger partial charge in [0.15, 0.2) is 0 Å². The molecule has 4 N–H and O–H groups in total. The summed E-state index contributed by atoms with van der Waals surface area (Å²) in [4.78, 5) is 13.6. The van der Waals surface area contributed by atoms with E-state index in [1.165, 1.54) is 0 Å². The highest BCUT2D eigenvalue weighted by molar-refractivity contribution is 5.81. The van der Waals surface area contributed by atoms with Crippen LogP contribution in [0.3, 0.4) is 0 Å². The molecule has 0 bridgehead atoms. The Kier molecular flexibility index (Phi) is 8.03. The minimum atomic E-state index is 0.0107. The lowest BCUT2D eigenvalue weighted by molar-refractivity contribution is -0.119. The van der Waals surface area contributed by atoms with Crippen LogP contribution in [0.4, 0.5) is 0 Å². The van der Waals surface area contributed by atoms with Gasteiger partial charge in [0.1, 0.15) is 5.78 Å². The molecular weight excluding hydrogens is 416 g/mol. The largest absolute Gasteiger partial charge is 0.326 e. The zero-order chi connectivity index (χ0) is 23.8. The van der Waals surface area contributed by atoms with Crippen LogP contribution in [0, 0.1) is 0 Å². The van der Waals surface area contributed by atoms with Gasteiger partial charge in [-0.15, -0.1) is 0 Å². The number of Topliss-reactive ketones (excluding diaryl/α,β-unsaturated/α-hetero) is 1. The zero-order valence-electron chi connectivity index (χ0n) is 19.4.